The monoisotopic (exact) mass is 201 g/mol. The van der Waals surface area contributed by atoms with Gasteiger partial charge in [-0.1, -0.05) is 36.0 Å². The van der Waals surface area contributed by atoms with Crippen LogP contribution in [0.25, 0.3) is 10.9 Å². The fourth-order valence-corrected chi connectivity index (χ4v) is 2.03. The van der Waals surface area contributed by atoms with Gasteiger partial charge in [-0.05, 0) is 24.5 Å². The fourth-order valence-electron chi connectivity index (χ4n) is 1.31. The summed E-state index contributed by atoms with van der Waals surface area (Å²) < 4.78 is 0. The summed E-state index contributed by atoms with van der Waals surface area (Å²) >= 11 is 1.71. The number of rotatable bonds is 2. The topological polar surface area (TPSA) is 12.9 Å². The largest absolute Gasteiger partial charge is 0.255 e. The van der Waals surface area contributed by atoms with Crippen molar-refractivity contribution in [3.05, 3.63) is 48.0 Å². The summed E-state index contributed by atoms with van der Waals surface area (Å²) in [4.78, 5) is 5.59. The van der Waals surface area contributed by atoms with E-state index in [1.165, 1.54) is 10.3 Å². The molecule has 1 aromatic carbocycles. The van der Waals surface area contributed by atoms with Crippen molar-refractivity contribution in [3.8, 4) is 0 Å². The number of hydrogen-bond acceptors (Lipinski definition) is 2. The molecule has 0 atom stereocenters. The minimum atomic E-state index is 1.08. The van der Waals surface area contributed by atoms with Crippen LogP contribution in [-0.4, -0.2) is 4.98 Å². The van der Waals surface area contributed by atoms with Crippen molar-refractivity contribution in [1.29, 1.82) is 0 Å². The van der Waals surface area contributed by atoms with Crippen LogP contribution in [0.2, 0.25) is 0 Å². The van der Waals surface area contributed by atoms with Gasteiger partial charge >= 0.3 is 0 Å². The number of para-hydroxylation sites is 1. The third kappa shape index (κ3) is 1.80. The van der Waals surface area contributed by atoms with Gasteiger partial charge in [0, 0.05) is 16.5 Å². The van der Waals surface area contributed by atoms with Gasteiger partial charge in [0.25, 0.3) is 0 Å². The minimum absolute atomic E-state index is 1.08. The van der Waals surface area contributed by atoms with Crippen LogP contribution in [0.1, 0.15) is 6.92 Å². The van der Waals surface area contributed by atoms with Gasteiger partial charge in [0.05, 0.1) is 5.52 Å². The molecule has 0 fully saturated rings. The molecule has 0 aliphatic carbocycles. The first-order valence-corrected chi connectivity index (χ1v) is 5.41. The maximum atomic E-state index is 4.38. The molecule has 0 amide bonds. The second-order valence-corrected chi connectivity index (χ2v) is 3.87. The predicted molar refractivity (Wildman–Crippen MR) is 62.4 cm³/mol. The molecule has 1 aromatic heterocycles. The maximum Gasteiger partial charge on any atom is 0.0841 e. The van der Waals surface area contributed by atoms with Crippen molar-refractivity contribution in [1.82, 2.24) is 4.98 Å². The maximum absolute atomic E-state index is 4.38. The Morgan fingerprint density at radius 2 is 2.07 bits per heavy atom. The summed E-state index contributed by atoms with van der Waals surface area (Å²) in [6.45, 7) is 2.02. The second-order valence-electron chi connectivity index (χ2n) is 2.92. The highest BCUT2D eigenvalue weighted by molar-refractivity contribution is 8.02. The summed E-state index contributed by atoms with van der Waals surface area (Å²) in [6.07, 6.45) is 3.87. The molecule has 2 rings (SSSR count). The average molecular weight is 201 g/mol. The van der Waals surface area contributed by atoms with Crippen LogP contribution < -0.4 is 0 Å². The van der Waals surface area contributed by atoms with E-state index in [1.54, 1.807) is 11.8 Å². The molecule has 1 nitrogen and oxygen atoms in total. The second kappa shape index (κ2) is 4.29. The third-order valence-electron chi connectivity index (χ3n) is 1.93. The average Bonchev–Trinajstić information content (AvgIpc) is 2.26. The number of nitrogens with zero attached hydrogens (tertiary/aromatic N) is 1. The molecule has 0 spiro atoms. The SMILES string of the molecule is C/C=C\Sc1cccc2cccnc12. The zero-order chi connectivity index (χ0) is 9.80. The van der Waals surface area contributed by atoms with Crippen LogP contribution >= 0.6 is 11.8 Å². The molecule has 0 unspecified atom stereocenters. The van der Waals surface area contributed by atoms with Gasteiger partial charge in [0.2, 0.25) is 0 Å². The zero-order valence-corrected chi connectivity index (χ0v) is 8.79. The summed E-state index contributed by atoms with van der Waals surface area (Å²) in [5, 5.41) is 3.27. The number of benzene rings is 1. The molecule has 0 aliphatic heterocycles. The minimum Gasteiger partial charge on any atom is -0.255 e. The van der Waals surface area contributed by atoms with Gasteiger partial charge in [-0.3, -0.25) is 4.98 Å². The summed E-state index contributed by atoms with van der Waals surface area (Å²) in [5.41, 5.74) is 1.08. The van der Waals surface area contributed by atoms with Crippen LogP contribution in [0, 0.1) is 0 Å². The molecule has 2 aromatic rings. The van der Waals surface area contributed by atoms with E-state index in [0.29, 0.717) is 0 Å². The lowest BCUT2D eigenvalue weighted by atomic mass is 10.2. The van der Waals surface area contributed by atoms with E-state index in [9.17, 15) is 0 Å². The Morgan fingerprint density at radius 3 is 2.93 bits per heavy atom. The quantitative estimate of drug-likeness (QED) is 0.684. The fraction of sp³-hybridized carbons (Fsp3) is 0.0833. The van der Waals surface area contributed by atoms with E-state index >= 15 is 0 Å². The molecule has 14 heavy (non-hydrogen) atoms. The van der Waals surface area contributed by atoms with Crippen molar-refractivity contribution >= 4 is 22.7 Å². The molecule has 0 saturated carbocycles. The first kappa shape index (κ1) is 9.28. The highest BCUT2D eigenvalue weighted by atomic mass is 32.2. The number of pyridine rings is 1. The number of hydrogen-bond donors (Lipinski definition) is 0. The summed E-state index contributed by atoms with van der Waals surface area (Å²) in [6, 6.07) is 10.3. The Kier molecular flexibility index (Phi) is 2.84. The van der Waals surface area contributed by atoms with E-state index in [4.69, 9.17) is 0 Å². The highest BCUT2D eigenvalue weighted by Crippen LogP contribution is 2.26. The summed E-state index contributed by atoms with van der Waals surface area (Å²) in [5.74, 6) is 0. The molecule has 0 saturated heterocycles. The normalized spacial score (nSPS) is 11.2. The molecule has 70 valence electrons. The Hall–Kier alpha value is -1.28. The zero-order valence-electron chi connectivity index (χ0n) is 7.97. The van der Waals surface area contributed by atoms with Crippen LogP contribution in [0.15, 0.2) is 52.9 Å². The van der Waals surface area contributed by atoms with Crippen molar-refractivity contribution < 1.29 is 0 Å². The Labute approximate surface area is 87.9 Å². The van der Waals surface area contributed by atoms with Gasteiger partial charge in [0.1, 0.15) is 0 Å². The number of aromatic nitrogens is 1. The van der Waals surface area contributed by atoms with Crippen molar-refractivity contribution in [2.75, 3.05) is 0 Å². The van der Waals surface area contributed by atoms with Crippen molar-refractivity contribution in [2.45, 2.75) is 11.8 Å². The van der Waals surface area contributed by atoms with Gasteiger partial charge in [-0.25, -0.2) is 0 Å². The van der Waals surface area contributed by atoms with Gasteiger partial charge in [-0.2, -0.15) is 0 Å². The lowest BCUT2D eigenvalue weighted by Crippen LogP contribution is -1.79. The van der Waals surface area contributed by atoms with Crippen LogP contribution in [0.4, 0.5) is 0 Å². The van der Waals surface area contributed by atoms with Crippen molar-refractivity contribution in [3.63, 3.8) is 0 Å². The predicted octanol–water partition coefficient (Wildman–Crippen LogP) is 3.86. The van der Waals surface area contributed by atoms with Gasteiger partial charge < -0.3 is 0 Å². The van der Waals surface area contributed by atoms with Crippen LogP contribution in [0.3, 0.4) is 0 Å². The first-order chi connectivity index (χ1) is 6.92. The van der Waals surface area contributed by atoms with E-state index in [1.807, 2.05) is 25.3 Å². The molecule has 0 radical (unpaired) electrons. The number of fused-ring (bicyclic) bond motifs is 1. The van der Waals surface area contributed by atoms with Crippen LogP contribution in [-0.2, 0) is 0 Å². The summed E-state index contributed by atoms with van der Waals surface area (Å²) in [7, 11) is 0. The van der Waals surface area contributed by atoms with E-state index < -0.39 is 0 Å². The lowest BCUT2D eigenvalue weighted by Gasteiger charge is -2.01. The van der Waals surface area contributed by atoms with Gasteiger partial charge in [-0.15, -0.1) is 0 Å². The highest BCUT2D eigenvalue weighted by Gasteiger charge is 1.99. The van der Waals surface area contributed by atoms with Crippen molar-refractivity contribution in [2.24, 2.45) is 0 Å². The number of thioether (sulfide) groups is 1. The smallest absolute Gasteiger partial charge is 0.0841 e. The molecule has 0 N–H and O–H groups in total. The Morgan fingerprint density at radius 1 is 1.21 bits per heavy atom. The number of allylic oxidation sites excluding steroid dienone is 1. The van der Waals surface area contributed by atoms with E-state index in [2.05, 4.69) is 34.7 Å². The van der Waals surface area contributed by atoms with E-state index in [-0.39, 0.29) is 0 Å². The molecular formula is C12H11NS. The third-order valence-corrected chi connectivity index (χ3v) is 2.92. The molecule has 1 heterocycles. The molecule has 2 heteroatoms. The van der Waals surface area contributed by atoms with Crippen LogP contribution in [0.5, 0.6) is 0 Å². The Balaban J connectivity index is 2.53. The Bertz CT molecular complexity index is 457. The lowest BCUT2D eigenvalue weighted by molar-refractivity contribution is 1.35. The molecule has 0 bridgehead atoms. The molecule has 0 aliphatic rings. The van der Waals surface area contributed by atoms with Gasteiger partial charge in [0.15, 0.2) is 0 Å². The molecular weight excluding hydrogens is 190 g/mol. The first-order valence-electron chi connectivity index (χ1n) is 4.53. The standard InChI is InChI=1S/C12H11NS/c1-2-9-14-11-7-3-5-10-6-4-8-13-12(10)11/h2-9H,1H3/b9-2-. The van der Waals surface area contributed by atoms with E-state index in [0.717, 1.165) is 5.52 Å².